The van der Waals surface area contributed by atoms with Crippen LogP contribution in [-0.2, 0) is 4.74 Å². The molecule has 26 heavy (non-hydrogen) atoms. The minimum atomic E-state index is -0.598. The van der Waals surface area contributed by atoms with E-state index in [1.165, 1.54) is 6.33 Å². The van der Waals surface area contributed by atoms with Gasteiger partial charge in [0.1, 0.15) is 12.0 Å². The van der Waals surface area contributed by atoms with Crippen LogP contribution in [0.3, 0.4) is 0 Å². The smallest absolute Gasteiger partial charge is 0.205 e. The second-order valence-electron chi connectivity index (χ2n) is 6.41. The SMILES string of the molecule is C[C@@H]1CN(c2c(C=O)cc3c(-c4ccncn4)noc3c2F)C[C@H](C)O1. The first kappa shape index (κ1) is 16.6. The van der Waals surface area contributed by atoms with Crippen LogP contribution >= 0.6 is 0 Å². The molecule has 2 aromatic heterocycles. The summed E-state index contributed by atoms with van der Waals surface area (Å²) < 4.78 is 26.2. The Hall–Kier alpha value is -2.87. The molecule has 1 aromatic carbocycles. The van der Waals surface area contributed by atoms with Crippen molar-refractivity contribution in [3.05, 3.63) is 36.0 Å². The van der Waals surface area contributed by atoms with Gasteiger partial charge in [0, 0.05) is 24.8 Å². The van der Waals surface area contributed by atoms with Crippen molar-refractivity contribution in [1.29, 1.82) is 0 Å². The van der Waals surface area contributed by atoms with E-state index >= 15 is 4.39 Å². The maximum atomic E-state index is 15.3. The lowest BCUT2D eigenvalue weighted by Gasteiger charge is -2.37. The van der Waals surface area contributed by atoms with Gasteiger partial charge in [-0.2, -0.15) is 0 Å². The number of hydrogen-bond acceptors (Lipinski definition) is 7. The molecule has 4 rings (SSSR count). The molecule has 0 radical (unpaired) electrons. The van der Waals surface area contributed by atoms with Crippen molar-refractivity contribution in [3.63, 3.8) is 0 Å². The third-order valence-electron chi connectivity index (χ3n) is 4.40. The molecule has 0 saturated carbocycles. The van der Waals surface area contributed by atoms with Crippen LogP contribution in [0.5, 0.6) is 0 Å². The zero-order chi connectivity index (χ0) is 18.3. The quantitative estimate of drug-likeness (QED) is 0.668. The molecular weight excluding hydrogens is 339 g/mol. The van der Waals surface area contributed by atoms with Crippen LogP contribution in [0.2, 0.25) is 0 Å². The molecule has 0 unspecified atom stereocenters. The highest BCUT2D eigenvalue weighted by Crippen LogP contribution is 2.36. The zero-order valence-electron chi connectivity index (χ0n) is 14.3. The van der Waals surface area contributed by atoms with Gasteiger partial charge in [0.15, 0.2) is 12.1 Å². The average molecular weight is 356 g/mol. The van der Waals surface area contributed by atoms with Crippen LogP contribution in [0.25, 0.3) is 22.4 Å². The normalized spacial score (nSPS) is 20.5. The Bertz CT molecular complexity index is 950. The van der Waals surface area contributed by atoms with Crippen molar-refractivity contribution >= 4 is 22.9 Å². The molecule has 3 heterocycles. The highest BCUT2D eigenvalue weighted by atomic mass is 19.1. The van der Waals surface area contributed by atoms with E-state index in [9.17, 15) is 4.79 Å². The number of aldehydes is 1. The van der Waals surface area contributed by atoms with E-state index in [1.54, 1.807) is 18.3 Å². The molecule has 8 heteroatoms. The van der Waals surface area contributed by atoms with Crippen LogP contribution in [0.4, 0.5) is 10.1 Å². The summed E-state index contributed by atoms with van der Waals surface area (Å²) in [6.07, 6.45) is 3.45. The maximum absolute atomic E-state index is 15.3. The summed E-state index contributed by atoms with van der Waals surface area (Å²) in [7, 11) is 0. The first-order valence-electron chi connectivity index (χ1n) is 8.32. The predicted octanol–water partition coefficient (Wildman–Crippen LogP) is 2.85. The maximum Gasteiger partial charge on any atom is 0.205 e. The van der Waals surface area contributed by atoms with Crippen molar-refractivity contribution < 1.29 is 18.4 Å². The molecule has 0 N–H and O–H groups in total. The predicted molar refractivity (Wildman–Crippen MR) is 92.6 cm³/mol. The number of hydrogen-bond donors (Lipinski definition) is 0. The summed E-state index contributed by atoms with van der Waals surface area (Å²) in [5.41, 5.74) is 1.34. The van der Waals surface area contributed by atoms with E-state index in [-0.39, 0.29) is 29.0 Å². The van der Waals surface area contributed by atoms with Crippen molar-refractivity contribution in [2.24, 2.45) is 0 Å². The standard InChI is InChI=1S/C18H17FN4O3/c1-10-6-23(7-11(2)25-10)17-12(8-24)5-13-16(14-3-4-20-9-21-14)22-26-18(13)15(17)19/h3-5,8-11H,6-7H2,1-2H3/t10-,11+. The summed E-state index contributed by atoms with van der Waals surface area (Å²) in [5.74, 6) is -0.598. The van der Waals surface area contributed by atoms with Gasteiger partial charge >= 0.3 is 0 Å². The summed E-state index contributed by atoms with van der Waals surface area (Å²) in [6.45, 7) is 4.81. The number of carbonyl (C=O) groups is 1. The Morgan fingerprint density at radius 3 is 2.73 bits per heavy atom. The zero-order valence-corrected chi connectivity index (χ0v) is 14.3. The van der Waals surface area contributed by atoms with Crippen molar-refractivity contribution in [1.82, 2.24) is 15.1 Å². The molecule has 2 atom stereocenters. The Balaban J connectivity index is 1.88. The fourth-order valence-electron chi connectivity index (χ4n) is 3.43. The first-order chi connectivity index (χ1) is 12.6. The summed E-state index contributed by atoms with van der Waals surface area (Å²) >= 11 is 0. The Labute approximate surface area is 148 Å². The number of fused-ring (bicyclic) bond motifs is 1. The summed E-state index contributed by atoms with van der Waals surface area (Å²) in [4.78, 5) is 21.5. The lowest BCUT2D eigenvalue weighted by Crippen LogP contribution is -2.46. The van der Waals surface area contributed by atoms with E-state index in [0.717, 1.165) is 0 Å². The van der Waals surface area contributed by atoms with Crippen LogP contribution < -0.4 is 4.90 Å². The molecule has 7 nitrogen and oxygen atoms in total. The molecule has 0 aliphatic carbocycles. The van der Waals surface area contributed by atoms with Gasteiger partial charge in [-0.05, 0) is 26.0 Å². The van der Waals surface area contributed by atoms with Crippen molar-refractivity contribution in [3.8, 4) is 11.4 Å². The number of aromatic nitrogens is 3. The molecule has 1 saturated heterocycles. The van der Waals surface area contributed by atoms with E-state index in [1.807, 2.05) is 18.7 Å². The second kappa shape index (κ2) is 6.45. The van der Waals surface area contributed by atoms with Crippen molar-refractivity contribution in [2.75, 3.05) is 18.0 Å². The lowest BCUT2D eigenvalue weighted by molar-refractivity contribution is -0.00543. The van der Waals surface area contributed by atoms with Gasteiger partial charge in [-0.25, -0.2) is 14.4 Å². The van der Waals surface area contributed by atoms with E-state index in [2.05, 4.69) is 15.1 Å². The molecule has 134 valence electrons. The van der Waals surface area contributed by atoms with E-state index in [4.69, 9.17) is 9.26 Å². The highest BCUT2D eigenvalue weighted by Gasteiger charge is 2.29. The lowest BCUT2D eigenvalue weighted by atomic mass is 10.0. The molecular formula is C18H17FN4O3. The Morgan fingerprint density at radius 1 is 1.31 bits per heavy atom. The van der Waals surface area contributed by atoms with Gasteiger partial charge in [-0.15, -0.1) is 0 Å². The number of rotatable bonds is 3. The number of morpholine rings is 1. The number of halogens is 1. The minimum absolute atomic E-state index is 0.00557. The van der Waals surface area contributed by atoms with Gasteiger partial charge in [0.25, 0.3) is 0 Å². The van der Waals surface area contributed by atoms with Gasteiger partial charge in [0.05, 0.1) is 29.0 Å². The monoisotopic (exact) mass is 356 g/mol. The average Bonchev–Trinajstić information content (AvgIpc) is 3.05. The Kier molecular flexibility index (Phi) is 4.12. The van der Waals surface area contributed by atoms with Crippen molar-refractivity contribution in [2.45, 2.75) is 26.1 Å². The van der Waals surface area contributed by atoms with Gasteiger partial charge in [-0.1, -0.05) is 5.16 Å². The number of nitrogens with zero attached hydrogens (tertiary/aromatic N) is 4. The molecule has 1 aliphatic rings. The summed E-state index contributed by atoms with van der Waals surface area (Å²) in [5, 5.41) is 4.36. The highest BCUT2D eigenvalue weighted by molar-refractivity contribution is 5.99. The largest absolute Gasteiger partial charge is 0.372 e. The number of ether oxygens (including phenoxy) is 1. The topological polar surface area (TPSA) is 81.4 Å². The molecule has 3 aromatic rings. The molecule has 1 fully saturated rings. The van der Waals surface area contributed by atoms with Gasteiger partial charge in [0.2, 0.25) is 5.58 Å². The van der Waals surface area contributed by atoms with Crippen LogP contribution in [0.1, 0.15) is 24.2 Å². The van der Waals surface area contributed by atoms with E-state index < -0.39 is 5.82 Å². The second-order valence-corrected chi connectivity index (χ2v) is 6.41. The van der Waals surface area contributed by atoms with Gasteiger partial charge in [-0.3, -0.25) is 4.79 Å². The van der Waals surface area contributed by atoms with Gasteiger partial charge < -0.3 is 14.2 Å². The van der Waals surface area contributed by atoms with Crippen LogP contribution in [0.15, 0.2) is 29.2 Å². The third-order valence-corrected chi connectivity index (χ3v) is 4.40. The first-order valence-corrected chi connectivity index (χ1v) is 8.32. The molecule has 1 aliphatic heterocycles. The molecule has 0 bridgehead atoms. The number of benzene rings is 1. The molecule has 0 amide bonds. The fraction of sp³-hybridized carbons (Fsp3) is 0.333. The van der Waals surface area contributed by atoms with Crippen LogP contribution in [-0.4, -0.2) is 46.7 Å². The summed E-state index contributed by atoms with van der Waals surface area (Å²) in [6, 6.07) is 3.24. The minimum Gasteiger partial charge on any atom is -0.372 e. The number of carbonyl (C=O) groups excluding carboxylic acids is 1. The Morgan fingerprint density at radius 2 is 2.08 bits per heavy atom. The molecule has 0 spiro atoms. The van der Waals surface area contributed by atoms with E-state index in [0.29, 0.717) is 36.1 Å². The number of anilines is 1. The van der Waals surface area contributed by atoms with Crippen LogP contribution in [0, 0.1) is 5.82 Å². The fourth-order valence-corrected chi connectivity index (χ4v) is 3.43. The third kappa shape index (κ3) is 2.72.